The van der Waals surface area contributed by atoms with Crippen molar-refractivity contribution in [2.75, 3.05) is 6.54 Å². The summed E-state index contributed by atoms with van der Waals surface area (Å²) in [6, 6.07) is 11.4. The van der Waals surface area contributed by atoms with Gasteiger partial charge >= 0.3 is 23.3 Å². The maximum absolute atomic E-state index is 15.6. The maximum atomic E-state index is 15.6. The zero-order chi connectivity index (χ0) is 54.6. The van der Waals surface area contributed by atoms with Crippen LogP contribution in [-0.4, -0.2) is 81.7 Å². The summed E-state index contributed by atoms with van der Waals surface area (Å²) in [5.74, 6) is -12.5. The van der Waals surface area contributed by atoms with Gasteiger partial charge in [-0.25, -0.2) is 36.7 Å². The Morgan fingerprint density at radius 3 is 1.18 bits per heavy atom. The number of hydrogen-bond acceptors (Lipinski definition) is 10. The van der Waals surface area contributed by atoms with Crippen molar-refractivity contribution < 1.29 is 51.7 Å². The first-order valence-corrected chi connectivity index (χ1v) is 22.6. The van der Waals surface area contributed by atoms with Crippen molar-refractivity contribution in [2.45, 2.75) is 58.3 Å². The van der Waals surface area contributed by atoms with E-state index in [1.807, 2.05) is 0 Å². The van der Waals surface area contributed by atoms with Crippen LogP contribution in [0.1, 0.15) is 60.8 Å². The lowest BCUT2D eigenvalue weighted by Crippen LogP contribution is -2.43. The van der Waals surface area contributed by atoms with E-state index in [-0.39, 0.29) is 48.1 Å². The Bertz CT molecular complexity index is 3230. The van der Waals surface area contributed by atoms with Crippen LogP contribution in [0.4, 0.5) is 17.6 Å². The largest absolute Gasteiger partial charge is 0.480 e. The minimum absolute atomic E-state index is 0.202. The number of carbonyl (C=O) groups is 5. The predicted octanol–water partition coefficient (Wildman–Crippen LogP) is 2.72. The minimum atomic E-state index is -1.70. The molecule has 6 aromatic rings. The highest BCUT2D eigenvalue weighted by atomic mass is 19.1. The second-order valence-corrected chi connectivity index (χ2v) is 17.5. The zero-order valence-corrected chi connectivity index (χ0v) is 40.7. The van der Waals surface area contributed by atoms with E-state index in [2.05, 4.69) is 10.6 Å². The summed E-state index contributed by atoms with van der Waals surface area (Å²) in [6.07, 6.45) is -1.04. The molecular weight excluding hydrogens is 977 g/mol. The molecule has 6 N–H and O–H groups in total. The molecule has 0 aliphatic heterocycles. The van der Waals surface area contributed by atoms with Crippen molar-refractivity contribution in [1.82, 2.24) is 33.8 Å². The number of nitrogens with one attached hydrogen (secondary N) is 2. The Hall–Kier alpha value is -8.73. The third-order valence-electron chi connectivity index (χ3n) is 12.6. The van der Waals surface area contributed by atoms with Gasteiger partial charge in [0.05, 0.1) is 11.1 Å². The monoisotopic (exact) mass is 1030 g/mol. The van der Waals surface area contributed by atoms with Gasteiger partial charge in [-0.2, -0.15) is 0 Å². The quantitative estimate of drug-likeness (QED) is 0.0779. The van der Waals surface area contributed by atoms with Gasteiger partial charge in [0, 0.05) is 78.5 Å². The first kappa shape index (κ1) is 54.6. The highest BCUT2D eigenvalue weighted by Crippen LogP contribution is 2.24. The van der Waals surface area contributed by atoms with Gasteiger partial charge in [0.15, 0.2) is 0 Å². The summed E-state index contributed by atoms with van der Waals surface area (Å²) < 4.78 is 67.0. The van der Waals surface area contributed by atoms with Crippen LogP contribution in [0.3, 0.4) is 0 Å². The Kier molecular flexibility index (Phi) is 16.5. The standard InChI is InChI=1S/C51H50F4N8O11/c1-25-40(46(67)61(5)50(73)59(25)3)31-11-7-27(8-12-31)21-37(48(69)70)57-44(65)42-33(52)17-29(18-34(42)53)23-63(39(64)15-16-56)24-30-19-35(54)43(36(55)20-30)45(66)58-38(49(71)72)22-28-9-13-32(14-10-28)41-26(2)60(4)51(74)62(6)47(41)68/h7-14,17-20,37-38H,15-16,21-24,56H2,1-6H3,(H,57,65)(H,58,66)(H,69,70)(H,71,72)/t37-,38-/m0/s1. The number of halogens is 4. The van der Waals surface area contributed by atoms with Crippen LogP contribution >= 0.6 is 0 Å². The zero-order valence-electron chi connectivity index (χ0n) is 40.7. The number of hydrogen-bond donors (Lipinski definition) is 5. The number of carbonyl (C=O) groups excluding carboxylic acids is 3. The van der Waals surface area contributed by atoms with E-state index in [9.17, 15) is 53.4 Å². The lowest BCUT2D eigenvalue weighted by molar-refractivity contribution is -0.140. The molecule has 0 bridgehead atoms. The van der Waals surface area contributed by atoms with E-state index >= 15 is 17.6 Å². The summed E-state index contributed by atoms with van der Waals surface area (Å²) in [5, 5.41) is 24.1. The van der Waals surface area contributed by atoms with E-state index in [1.165, 1.54) is 85.9 Å². The summed E-state index contributed by atoms with van der Waals surface area (Å²) in [6.45, 7) is 1.78. The molecular formula is C51H50F4N8O11. The average molecular weight is 1030 g/mol. The first-order valence-electron chi connectivity index (χ1n) is 22.6. The van der Waals surface area contributed by atoms with Gasteiger partial charge in [0.1, 0.15) is 46.5 Å². The number of rotatable bonds is 18. The molecule has 74 heavy (non-hydrogen) atoms. The van der Waals surface area contributed by atoms with E-state index in [4.69, 9.17) is 5.73 Å². The van der Waals surface area contributed by atoms with Gasteiger partial charge in [-0.1, -0.05) is 48.5 Å². The third kappa shape index (κ3) is 11.5. The second kappa shape index (κ2) is 22.4. The molecule has 0 aliphatic rings. The van der Waals surface area contributed by atoms with Crippen molar-refractivity contribution in [3.63, 3.8) is 0 Å². The summed E-state index contributed by atoms with van der Waals surface area (Å²) in [5.41, 5.74) is 3.39. The van der Waals surface area contributed by atoms with Gasteiger partial charge in [0.2, 0.25) is 5.91 Å². The minimum Gasteiger partial charge on any atom is -0.480 e. The topological polar surface area (TPSA) is 267 Å². The van der Waals surface area contributed by atoms with Crippen LogP contribution in [0, 0.1) is 37.1 Å². The van der Waals surface area contributed by atoms with Gasteiger partial charge < -0.3 is 40.6 Å². The van der Waals surface area contributed by atoms with Gasteiger partial charge in [-0.05, 0) is 71.5 Å². The third-order valence-corrected chi connectivity index (χ3v) is 12.6. The van der Waals surface area contributed by atoms with Crippen LogP contribution in [-0.2, 0) is 68.5 Å². The number of amides is 3. The van der Waals surface area contributed by atoms with Crippen molar-refractivity contribution in [2.24, 2.45) is 33.9 Å². The fourth-order valence-electron chi connectivity index (χ4n) is 8.33. The molecule has 0 saturated heterocycles. The highest BCUT2D eigenvalue weighted by molar-refractivity contribution is 5.98. The molecule has 23 heteroatoms. The highest BCUT2D eigenvalue weighted by Gasteiger charge is 2.29. The smallest absolute Gasteiger partial charge is 0.330 e. The molecule has 2 aromatic heterocycles. The van der Waals surface area contributed by atoms with Crippen LogP contribution in [0.2, 0.25) is 0 Å². The van der Waals surface area contributed by atoms with Crippen molar-refractivity contribution >= 4 is 29.7 Å². The van der Waals surface area contributed by atoms with Gasteiger partial charge in [0.25, 0.3) is 22.9 Å². The molecule has 0 saturated carbocycles. The number of benzene rings is 4. The SMILES string of the molecule is Cc1c(-c2ccc(C[C@H](NC(=O)c3c(F)cc(CN(Cc4cc(F)c(C(=O)N[C@@H](Cc5ccc(-c6c(C)n(C)c(=O)n(C)c6=O)cc5)C(=O)O)c(F)c4)C(=O)CCN)cc3F)C(=O)O)cc2)c(=O)n(C)c(=O)n1C. The molecule has 0 spiro atoms. The Labute approximate surface area is 417 Å². The van der Waals surface area contributed by atoms with E-state index in [0.29, 0.717) is 57.9 Å². The fourth-order valence-corrected chi connectivity index (χ4v) is 8.33. The molecule has 4 aromatic carbocycles. The van der Waals surface area contributed by atoms with E-state index < -0.39 is 112 Å². The molecule has 0 unspecified atom stereocenters. The number of aromatic nitrogens is 4. The van der Waals surface area contributed by atoms with Crippen LogP contribution < -0.4 is 38.9 Å². The average Bonchev–Trinajstić information content (AvgIpc) is 3.34. The molecule has 6 rings (SSSR count). The second-order valence-electron chi connectivity index (χ2n) is 17.5. The number of carboxylic acids is 2. The fraction of sp³-hybridized carbons (Fsp3) is 0.275. The number of nitrogens with zero attached hydrogens (tertiary/aromatic N) is 5. The molecule has 388 valence electrons. The number of carboxylic acid groups (broad SMARTS) is 2. The molecule has 2 atom stereocenters. The Balaban J connectivity index is 1.14. The maximum Gasteiger partial charge on any atom is 0.330 e. The lowest BCUT2D eigenvalue weighted by atomic mass is 10.00. The first-order chi connectivity index (χ1) is 34.8. The normalized spacial score (nSPS) is 12.0. The summed E-state index contributed by atoms with van der Waals surface area (Å²) in [7, 11) is 5.64. The number of nitrogens with two attached hydrogens (primary N) is 1. The summed E-state index contributed by atoms with van der Waals surface area (Å²) >= 11 is 0. The van der Waals surface area contributed by atoms with Crippen LogP contribution in [0.15, 0.2) is 92.0 Å². The van der Waals surface area contributed by atoms with Crippen molar-refractivity contribution in [1.29, 1.82) is 0 Å². The van der Waals surface area contributed by atoms with Crippen LogP contribution in [0.25, 0.3) is 22.3 Å². The molecule has 3 amide bonds. The number of aliphatic carboxylic acids is 2. The van der Waals surface area contributed by atoms with Gasteiger partial charge in [-0.15, -0.1) is 0 Å². The van der Waals surface area contributed by atoms with Crippen LogP contribution in [0.5, 0.6) is 0 Å². The Morgan fingerprint density at radius 2 is 0.878 bits per heavy atom. The lowest BCUT2D eigenvalue weighted by Gasteiger charge is -2.24. The molecule has 19 nitrogen and oxygen atoms in total. The molecule has 0 radical (unpaired) electrons. The van der Waals surface area contributed by atoms with Crippen molar-refractivity contribution in [3.05, 3.63) is 183 Å². The predicted molar refractivity (Wildman–Crippen MR) is 260 cm³/mol. The molecule has 2 heterocycles. The van der Waals surface area contributed by atoms with E-state index in [0.717, 1.165) is 14.0 Å². The van der Waals surface area contributed by atoms with Gasteiger partial charge in [-0.3, -0.25) is 33.1 Å². The van der Waals surface area contributed by atoms with E-state index in [1.54, 1.807) is 13.8 Å². The Morgan fingerprint density at radius 1 is 0.554 bits per heavy atom. The van der Waals surface area contributed by atoms with Crippen molar-refractivity contribution in [3.8, 4) is 22.3 Å². The summed E-state index contributed by atoms with van der Waals surface area (Å²) in [4.78, 5) is 116. The molecule has 0 aliphatic carbocycles. The molecule has 0 fully saturated rings.